The standard InChI is InChI=1S/C25H39O3Si/c1-23(2,3)15-24-12-10-18(26)14-17(24)6-7-19-20-8-9-22(27)25(20,13-11-21(19)24)16-28-29(4)5/h14,19-21H,6-13,15-16H2,1-5H3/t19-,20-,21-,24+,25+/m0/s1. The van der Waals surface area contributed by atoms with Crippen molar-refractivity contribution < 1.29 is 14.0 Å². The van der Waals surface area contributed by atoms with Crippen molar-refractivity contribution in [1.29, 1.82) is 0 Å². The number of hydrogen-bond acceptors (Lipinski definition) is 3. The third-order valence-electron chi connectivity index (χ3n) is 8.60. The maximum absolute atomic E-state index is 13.1. The number of carbonyl (C=O) groups is 2. The van der Waals surface area contributed by atoms with Crippen LogP contribution in [0.5, 0.6) is 0 Å². The summed E-state index contributed by atoms with van der Waals surface area (Å²) in [6.45, 7) is 12.1. The lowest BCUT2D eigenvalue weighted by molar-refractivity contribution is -0.139. The van der Waals surface area contributed by atoms with Gasteiger partial charge in [0.05, 0.1) is 5.41 Å². The molecule has 3 saturated carbocycles. The van der Waals surface area contributed by atoms with Gasteiger partial charge in [-0.3, -0.25) is 9.59 Å². The molecular weight excluding hydrogens is 376 g/mol. The minimum atomic E-state index is -0.787. The first-order valence-corrected chi connectivity index (χ1v) is 14.2. The zero-order chi connectivity index (χ0) is 21.0. The SMILES string of the molecule is C[Si](C)OC[C@]12CC[C@H]3[C@@H](CCC4=CC(=O)CC[C@@]43CC(C)(C)C)[C@@H]1CCC2=O. The van der Waals surface area contributed by atoms with Crippen LogP contribution < -0.4 is 0 Å². The molecule has 0 aromatic carbocycles. The summed E-state index contributed by atoms with van der Waals surface area (Å²) in [5.74, 6) is 2.56. The van der Waals surface area contributed by atoms with Crippen LogP contribution in [-0.4, -0.2) is 27.2 Å². The monoisotopic (exact) mass is 415 g/mol. The van der Waals surface area contributed by atoms with Crippen molar-refractivity contribution in [3.63, 3.8) is 0 Å². The molecule has 3 fully saturated rings. The second-order valence-electron chi connectivity index (χ2n) is 11.8. The Morgan fingerprint density at radius 1 is 1.00 bits per heavy atom. The summed E-state index contributed by atoms with van der Waals surface area (Å²) in [5.41, 5.74) is 1.66. The van der Waals surface area contributed by atoms with Crippen LogP contribution in [0.3, 0.4) is 0 Å². The van der Waals surface area contributed by atoms with E-state index in [2.05, 4.69) is 33.9 Å². The van der Waals surface area contributed by atoms with Gasteiger partial charge in [0.1, 0.15) is 5.78 Å². The molecule has 0 aromatic heterocycles. The van der Waals surface area contributed by atoms with Crippen LogP contribution in [0.4, 0.5) is 0 Å². The predicted molar refractivity (Wildman–Crippen MR) is 118 cm³/mol. The highest BCUT2D eigenvalue weighted by molar-refractivity contribution is 6.48. The number of carbonyl (C=O) groups excluding carboxylic acids is 2. The highest BCUT2D eigenvalue weighted by Gasteiger charge is 2.62. The van der Waals surface area contributed by atoms with Gasteiger partial charge < -0.3 is 4.43 Å². The maximum atomic E-state index is 13.1. The van der Waals surface area contributed by atoms with E-state index in [0.29, 0.717) is 42.3 Å². The van der Waals surface area contributed by atoms with Crippen molar-refractivity contribution in [2.75, 3.05) is 6.61 Å². The summed E-state index contributed by atoms with van der Waals surface area (Å²) in [6, 6.07) is 0. The average Bonchev–Trinajstić information content (AvgIpc) is 2.96. The van der Waals surface area contributed by atoms with E-state index in [1.165, 1.54) is 12.0 Å². The molecule has 4 rings (SSSR count). The first kappa shape index (κ1) is 21.5. The van der Waals surface area contributed by atoms with Gasteiger partial charge in [-0.2, -0.15) is 0 Å². The second-order valence-corrected chi connectivity index (χ2v) is 13.9. The molecule has 4 aliphatic carbocycles. The van der Waals surface area contributed by atoms with Crippen molar-refractivity contribution in [3.8, 4) is 0 Å². The highest BCUT2D eigenvalue weighted by atomic mass is 28.3. The van der Waals surface area contributed by atoms with Gasteiger partial charge in [0.25, 0.3) is 0 Å². The minimum absolute atomic E-state index is 0.179. The number of ketones is 2. The number of allylic oxidation sites excluding steroid dienone is 1. The fraction of sp³-hybridized carbons (Fsp3) is 0.840. The number of rotatable bonds is 4. The lowest BCUT2D eigenvalue weighted by Gasteiger charge is -2.59. The van der Waals surface area contributed by atoms with Crippen molar-refractivity contribution >= 4 is 20.6 Å². The molecule has 0 spiro atoms. The van der Waals surface area contributed by atoms with E-state index < -0.39 is 9.04 Å². The fourth-order valence-electron chi connectivity index (χ4n) is 7.76. The van der Waals surface area contributed by atoms with Crippen LogP contribution in [0.15, 0.2) is 11.6 Å². The first-order chi connectivity index (χ1) is 13.6. The van der Waals surface area contributed by atoms with Crippen LogP contribution in [-0.2, 0) is 14.0 Å². The van der Waals surface area contributed by atoms with Gasteiger partial charge >= 0.3 is 0 Å². The molecule has 0 amide bonds. The Kier molecular flexibility index (Phi) is 5.51. The smallest absolute Gasteiger partial charge is 0.204 e. The van der Waals surface area contributed by atoms with Gasteiger partial charge in [0.2, 0.25) is 9.04 Å². The molecule has 0 heterocycles. The Bertz CT molecular complexity index is 718. The lowest BCUT2D eigenvalue weighted by Crippen LogP contribution is -2.54. The number of hydrogen-bond donors (Lipinski definition) is 0. The number of fused-ring (bicyclic) bond motifs is 5. The van der Waals surface area contributed by atoms with Gasteiger partial charge in [0.15, 0.2) is 5.78 Å². The summed E-state index contributed by atoms with van der Waals surface area (Å²) in [5, 5.41) is 0. The zero-order valence-corrected chi connectivity index (χ0v) is 20.1. The third kappa shape index (κ3) is 3.63. The molecule has 0 unspecified atom stereocenters. The van der Waals surface area contributed by atoms with Gasteiger partial charge in [-0.05, 0) is 92.7 Å². The van der Waals surface area contributed by atoms with Gasteiger partial charge in [-0.1, -0.05) is 26.3 Å². The van der Waals surface area contributed by atoms with Crippen LogP contribution in [0.1, 0.15) is 78.6 Å². The Hall–Kier alpha value is -0.743. The van der Waals surface area contributed by atoms with E-state index in [9.17, 15) is 9.59 Å². The summed E-state index contributed by atoms with van der Waals surface area (Å²) >= 11 is 0. The topological polar surface area (TPSA) is 43.4 Å². The van der Waals surface area contributed by atoms with Crippen molar-refractivity contribution in [1.82, 2.24) is 0 Å². The van der Waals surface area contributed by atoms with Crippen molar-refractivity contribution in [3.05, 3.63) is 11.6 Å². The molecule has 1 radical (unpaired) electrons. The minimum Gasteiger partial charge on any atom is -0.416 e. The predicted octanol–water partition coefficient (Wildman–Crippen LogP) is 5.75. The summed E-state index contributed by atoms with van der Waals surface area (Å²) in [7, 11) is -0.787. The molecule has 4 aliphatic rings. The Balaban J connectivity index is 1.70. The highest BCUT2D eigenvalue weighted by Crippen LogP contribution is 2.66. The molecule has 0 aromatic rings. The van der Waals surface area contributed by atoms with Gasteiger partial charge in [0, 0.05) is 19.4 Å². The third-order valence-corrected chi connectivity index (χ3v) is 9.32. The summed E-state index contributed by atoms with van der Waals surface area (Å²) in [4.78, 5) is 25.4. The van der Waals surface area contributed by atoms with E-state index in [0.717, 1.165) is 44.9 Å². The Morgan fingerprint density at radius 2 is 1.72 bits per heavy atom. The van der Waals surface area contributed by atoms with Crippen LogP contribution >= 0.6 is 0 Å². The van der Waals surface area contributed by atoms with E-state index in [1.54, 1.807) is 0 Å². The Morgan fingerprint density at radius 3 is 2.41 bits per heavy atom. The quantitative estimate of drug-likeness (QED) is 0.549. The van der Waals surface area contributed by atoms with Gasteiger partial charge in [-0.15, -0.1) is 0 Å². The zero-order valence-electron chi connectivity index (χ0n) is 19.1. The van der Waals surface area contributed by atoms with Gasteiger partial charge in [-0.25, -0.2) is 0 Å². The normalized spacial score (nSPS) is 39.8. The first-order valence-electron chi connectivity index (χ1n) is 11.8. The maximum Gasteiger partial charge on any atom is 0.204 e. The van der Waals surface area contributed by atoms with Crippen molar-refractivity contribution in [2.24, 2.45) is 34.0 Å². The molecule has 0 aliphatic heterocycles. The summed E-state index contributed by atoms with van der Waals surface area (Å²) in [6.07, 6.45) is 11.1. The molecule has 3 nitrogen and oxygen atoms in total. The van der Waals surface area contributed by atoms with E-state index in [-0.39, 0.29) is 16.2 Å². The van der Waals surface area contributed by atoms with E-state index in [4.69, 9.17) is 4.43 Å². The molecule has 29 heavy (non-hydrogen) atoms. The largest absolute Gasteiger partial charge is 0.416 e. The molecule has 0 N–H and O–H groups in total. The lowest BCUT2D eigenvalue weighted by atomic mass is 9.45. The average molecular weight is 416 g/mol. The van der Waals surface area contributed by atoms with Crippen LogP contribution in [0, 0.1) is 34.0 Å². The van der Waals surface area contributed by atoms with E-state index in [1.807, 2.05) is 6.08 Å². The molecule has 5 atom stereocenters. The molecule has 0 saturated heterocycles. The van der Waals surface area contributed by atoms with Crippen LogP contribution in [0.25, 0.3) is 0 Å². The molecular formula is C25H39O3Si. The molecule has 4 heteroatoms. The molecule has 161 valence electrons. The van der Waals surface area contributed by atoms with Crippen LogP contribution in [0.2, 0.25) is 13.1 Å². The van der Waals surface area contributed by atoms with Crippen molar-refractivity contribution in [2.45, 2.75) is 91.7 Å². The number of Topliss-reactive ketones (excluding diaryl/α,β-unsaturated/α-hetero) is 1. The second kappa shape index (κ2) is 7.44. The fourth-order valence-corrected chi connectivity index (χ4v) is 8.31. The Labute approximate surface area is 178 Å². The molecule has 0 bridgehead atoms. The van der Waals surface area contributed by atoms with E-state index >= 15 is 0 Å². The summed E-state index contributed by atoms with van der Waals surface area (Å²) < 4.78 is 6.19.